The minimum Gasteiger partial charge on any atom is -0.311 e. The molecule has 108 valence electrons. The minimum atomic E-state index is -0.173. The molecule has 0 aliphatic carbocycles. The third kappa shape index (κ3) is 3.27. The largest absolute Gasteiger partial charge is 0.311 e. The molecule has 1 aromatic carbocycles. The van der Waals surface area contributed by atoms with Crippen LogP contribution in [0.3, 0.4) is 0 Å². The van der Waals surface area contributed by atoms with Crippen molar-refractivity contribution in [2.75, 3.05) is 7.05 Å². The van der Waals surface area contributed by atoms with Crippen molar-refractivity contribution < 1.29 is 4.39 Å². The van der Waals surface area contributed by atoms with Crippen LogP contribution in [0.2, 0.25) is 0 Å². The summed E-state index contributed by atoms with van der Waals surface area (Å²) in [6.07, 6.45) is 0.590. The van der Waals surface area contributed by atoms with Gasteiger partial charge in [0, 0.05) is 11.0 Å². The van der Waals surface area contributed by atoms with E-state index < -0.39 is 0 Å². The fourth-order valence-corrected chi connectivity index (χ4v) is 2.78. The van der Waals surface area contributed by atoms with E-state index in [9.17, 15) is 4.39 Å². The second-order valence-corrected chi connectivity index (χ2v) is 5.72. The minimum absolute atomic E-state index is 0.0416. The number of rotatable bonds is 5. The summed E-state index contributed by atoms with van der Waals surface area (Å²) >= 11 is 3.39. The fraction of sp³-hybridized carbons (Fsp3) is 0.400. The van der Waals surface area contributed by atoms with Crippen molar-refractivity contribution in [3.05, 3.63) is 51.5 Å². The van der Waals surface area contributed by atoms with Crippen molar-refractivity contribution in [1.29, 1.82) is 0 Å². The summed E-state index contributed by atoms with van der Waals surface area (Å²) in [6, 6.07) is 7.14. The highest BCUT2D eigenvalue weighted by atomic mass is 79.9. The van der Waals surface area contributed by atoms with Gasteiger partial charge in [0.25, 0.3) is 0 Å². The van der Waals surface area contributed by atoms with E-state index in [0.29, 0.717) is 12.0 Å². The molecular formula is C15H19BrFN3. The van der Waals surface area contributed by atoms with Gasteiger partial charge in [-0.1, -0.05) is 15.9 Å². The molecule has 1 N–H and O–H groups in total. The Balaban J connectivity index is 2.30. The highest BCUT2D eigenvalue weighted by molar-refractivity contribution is 9.10. The Labute approximate surface area is 127 Å². The van der Waals surface area contributed by atoms with Crippen LogP contribution in [0.15, 0.2) is 28.7 Å². The molecule has 0 bridgehead atoms. The lowest BCUT2D eigenvalue weighted by Gasteiger charge is -2.18. The molecule has 5 heteroatoms. The predicted octanol–water partition coefficient (Wildman–Crippen LogP) is 3.62. The number of halogens is 2. The van der Waals surface area contributed by atoms with Gasteiger partial charge in [0.2, 0.25) is 0 Å². The van der Waals surface area contributed by atoms with E-state index in [1.807, 2.05) is 24.7 Å². The third-order valence-electron chi connectivity index (χ3n) is 3.37. The van der Waals surface area contributed by atoms with E-state index in [4.69, 9.17) is 0 Å². The van der Waals surface area contributed by atoms with Gasteiger partial charge in [0.05, 0.1) is 17.4 Å². The van der Waals surface area contributed by atoms with Crippen LogP contribution in [0.1, 0.15) is 29.9 Å². The number of aromatic nitrogens is 2. The zero-order valence-corrected chi connectivity index (χ0v) is 13.5. The zero-order chi connectivity index (χ0) is 14.7. The Morgan fingerprint density at radius 1 is 1.40 bits per heavy atom. The summed E-state index contributed by atoms with van der Waals surface area (Å²) in [5.41, 5.74) is 2.77. The smallest absolute Gasteiger partial charge is 0.126 e. The van der Waals surface area contributed by atoms with Crippen LogP contribution in [-0.2, 0) is 13.0 Å². The van der Waals surface area contributed by atoms with Crippen LogP contribution in [0.4, 0.5) is 4.39 Å². The molecule has 3 nitrogen and oxygen atoms in total. The van der Waals surface area contributed by atoms with Crippen LogP contribution < -0.4 is 5.32 Å². The average Bonchev–Trinajstić information content (AvgIpc) is 2.80. The predicted molar refractivity (Wildman–Crippen MR) is 82.2 cm³/mol. The number of benzene rings is 1. The number of hydrogen-bond donors (Lipinski definition) is 1. The van der Waals surface area contributed by atoms with Crippen molar-refractivity contribution in [3.8, 4) is 0 Å². The lowest BCUT2D eigenvalue weighted by Crippen LogP contribution is -2.22. The van der Waals surface area contributed by atoms with Gasteiger partial charge < -0.3 is 5.32 Å². The summed E-state index contributed by atoms with van der Waals surface area (Å²) < 4.78 is 16.8. The van der Waals surface area contributed by atoms with Crippen molar-refractivity contribution in [2.45, 2.75) is 32.9 Å². The van der Waals surface area contributed by atoms with Crippen LogP contribution >= 0.6 is 15.9 Å². The topological polar surface area (TPSA) is 29.9 Å². The maximum atomic E-state index is 13.9. The standard InChI is InChI=1S/C15H19BrFN3/c1-4-20-15(7-10(2)19-20)14(18-3)9-11-8-12(16)5-6-13(11)17/h5-8,14,18H,4,9H2,1-3H3. The molecule has 0 aliphatic rings. The van der Waals surface area contributed by atoms with E-state index >= 15 is 0 Å². The van der Waals surface area contributed by atoms with Gasteiger partial charge >= 0.3 is 0 Å². The molecule has 20 heavy (non-hydrogen) atoms. The Hall–Kier alpha value is -1.20. The van der Waals surface area contributed by atoms with E-state index in [1.165, 1.54) is 6.07 Å². The van der Waals surface area contributed by atoms with Crippen molar-refractivity contribution in [3.63, 3.8) is 0 Å². The Morgan fingerprint density at radius 3 is 2.80 bits per heavy atom. The first-order valence-corrected chi connectivity index (χ1v) is 7.50. The number of nitrogens with one attached hydrogen (secondary N) is 1. The van der Waals surface area contributed by atoms with Gasteiger partial charge in [0.15, 0.2) is 0 Å². The molecule has 0 saturated heterocycles. The first-order chi connectivity index (χ1) is 9.55. The van der Waals surface area contributed by atoms with Crippen molar-refractivity contribution >= 4 is 15.9 Å². The first kappa shape index (κ1) is 15.2. The van der Waals surface area contributed by atoms with Crippen LogP contribution in [0.5, 0.6) is 0 Å². The van der Waals surface area contributed by atoms with Gasteiger partial charge in [-0.3, -0.25) is 4.68 Å². The maximum Gasteiger partial charge on any atom is 0.126 e. The van der Waals surface area contributed by atoms with Crippen molar-refractivity contribution in [1.82, 2.24) is 15.1 Å². The molecule has 0 radical (unpaired) electrons. The molecule has 0 spiro atoms. The monoisotopic (exact) mass is 339 g/mol. The number of aryl methyl sites for hydroxylation is 2. The van der Waals surface area contributed by atoms with E-state index in [2.05, 4.69) is 39.3 Å². The molecule has 1 unspecified atom stereocenters. The molecule has 0 fully saturated rings. The summed E-state index contributed by atoms with van der Waals surface area (Å²) in [7, 11) is 1.89. The molecule has 1 heterocycles. The third-order valence-corrected chi connectivity index (χ3v) is 3.86. The maximum absolute atomic E-state index is 13.9. The molecule has 1 atom stereocenters. The summed E-state index contributed by atoms with van der Waals surface area (Å²) in [4.78, 5) is 0. The summed E-state index contributed by atoms with van der Waals surface area (Å²) in [5, 5.41) is 7.71. The Kier molecular flexibility index (Phi) is 4.94. The molecule has 2 rings (SSSR count). The van der Waals surface area contributed by atoms with Crippen LogP contribution in [0, 0.1) is 12.7 Å². The lowest BCUT2D eigenvalue weighted by molar-refractivity contribution is 0.501. The number of likely N-dealkylation sites (N-methyl/N-ethyl adjacent to an activating group) is 1. The van der Waals surface area contributed by atoms with Gasteiger partial charge in [-0.05, 0) is 57.1 Å². The quantitative estimate of drug-likeness (QED) is 0.901. The van der Waals surface area contributed by atoms with Gasteiger partial charge in [-0.15, -0.1) is 0 Å². The van der Waals surface area contributed by atoms with Gasteiger partial charge in [-0.25, -0.2) is 4.39 Å². The van der Waals surface area contributed by atoms with Crippen molar-refractivity contribution in [2.24, 2.45) is 0 Å². The molecule has 0 saturated carbocycles. The van der Waals surface area contributed by atoms with Crippen LogP contribution in [0.25, 0.3) is 0 Å². The summed E-state index contributed by atoms with van der Waals surface area (Å²) in [6.45, 7) is 4.84. The number of hydrogen-bond acceptors (Lipinski definition) is 2. The summed E-state index contributed by atoms with van der Waals surface area (Å²) in [5.74, 6) is -0.173. The van der Waals surface area contributed by atoms with E-state index in [1.54, 1.807) is 6.07 Å². The van der Waals surface area contributed by atoms with E-state index in [0.717, 1.165) is 22.4 Å². The molecular weight excluding hydrogens is 321 g/mol. The molecule has 0 amide bonds. The van der Waals surface area contributed by atoms with E-state index in [-0.39, 0.29) is 11.9 Å². The van der Waals surface area contributed by atoms with Gasteiger partial charge in [0.1, 0.15) is 5.82 Å². The van der Waals surface area contributed by atoms with Gasteiger partial charge in [-0.2, -0.15) is 5.10 Å². The average molecular weight is 340 g/mol. The second kappa shape index (κ2) is 6.50. The SMILES string of the molecule is CCn1nc(C)cc1C(Cc1cc(Br)ccc1F)NC. The number of nitrogens with zero attached hydrogens (tertiary/aromatic N) is 2. The normalized spacial score (nSPS) is 12.7. The first-order valence-electron chi connectivity index (χ1n) is 6.70. The molecule has 2 aromatic rings. The highest BCUT2D eigenvalue weighted by Crippen LogP contribution is 2.23. The zero-order valence-electron chi connectivity index (χ0n) is 12.0. The Bertz CT molecular complexity index is 595. The lowest BCUT2D eigenvalue weighted by atomic mass is 10.0. The second-order valence-electron chi connectivity index (χ2n) is 4.81. The molecule has 0 aliphatic heterocycles. The highest BCUT2D eigenvalue weighted by Gasteiger charge is 2.17. The van der Waals surface area contributed by atoms with Crippen LogP contribution in [-0.4, -0.2) is 16.8 Å². The Morgan fingerprint density at radius 2 is 2.15 bits per heavy atom. The fourth-order valence-electron chi connectivity index (χ4n) is 2.37. The molecule has 1 aromatic heterocycles.